The zero-order valence-corrected chi connectivity index (χ0v) is 11.6. The number of allylic oxidation sites excluding steroid dienone is 2. The fourth-order valence-electron chi connectivity index (χ4n) is 1.83. The topological polar surface area (TPSA) is 56.0 Å². The molecule has 92 valence electrons. The Morgan fingerprint density at radius 3 is 3.00 bits per heavy atom. The summed E-state index contributed by atoms with van der Waals surface area (Å²) in [6, 6.07) is 0. The molecule has 1 aliphatic rings. The van der Waals surface area contributed by atoms with Gasteiger partial charge in [-0.3, -0.25) is 4.79 Å². The summed E-state index contributed by atoms with van der Waals surface area (Å²) in [5.74, 6) is 1.35. The van der Waals surface area contributed by atoms with E-state index in [1.807, 2.05) is 12.3 Å². The molecule has 0 amide bonds. The van der Waals surface area contributed by atoms with E-state index in [9.17, 15) is 4.79 Å². The SMILES string of the molecule is CC1CC(SCc2nccs2)=C(N)C(=O)C1C. The maximum Gasteiger partial charge on any atom is 0.182 e. The van der Waals surface area contributed by atoms with Gasteiger partial charge in [0.15, 0.2) is 5.78 Å². The number of hydrogen-bond donors (Lipinski definition) is 1. The van der Waals surface area contributed by atoms with E-state index >= 15 is 0 Å². The third-order valence-electron chi connectivity index (χ3n) is 3.19. The Morgan fingerprint density at radius 2 is 2.35 bits per heavy atom. The smallest absolute Gasteiger partial charge is 0.182 e. The van der Waals surface area contributed by atoms with Crippen LogP contribution in [-0.4, -0.2) is 10.8 Å². The molecular weight excluding hydrogens is 252 g/mol. The number of rotatable bonds is 3. The van der Waals surface area contributed by atoms with Gasteiger partial charge in [0, 0.05) is 28.2 Å². The van der Waals surface area contributed by atoms with Crippen LogP contribution in [0.4, 0.5) is 0 Å². The number of Topliss-reactive ketones (excluding diaryl/α,β-unsaturated/α-hetero) is 1. The van der Waals surface area contributed by atoms with E-state index in [2.05, 4.69) is 11.9 Å². The van der Waals surface area contributed by atoms with Crippen molar-refractivity contribution in [1.29, 1.82) is 0 Å². The van der Waals surface area contributed by atoms with Gasteiger partial charge in [0.05, 0.1) is 5.70 Å². The molecule has 2 unspecified atom stereocenters. The van der Waals surface area contributed by atoms with Crippen LogP contribution in [0.15, 0.2) is 22.2 Å². The Kier molecular flexibility index (Phi) is 3.89. The molecule has 0 spiro atoms. The van der Waals surface area contributed by atoms with Gasteiger partial charge < -0.3 is 5.73 Å². The molecule has 2 N–H and O–H groups in total. The molecule has 17 heavy (non-hydrogen) atoms. The number of carbonyl (C=O) groups is 1. The third kappa shape index (κ3) is 2.72. The second-order valence-corrected chi connectivity index (χ2v) is 6.43. The minimum atomic E-state index is 0.0548. The predicted octanol–water partition coefficient (Wildman–Crippen LogP) is 2.79. The van der Waals surface area contributed by atoms with E-state index in [1.165, 1.54) is 0 Å². The largest absolute Gasteiger partial charge is 0.395 e. The highest BCUT2D eigenvalue weighted by molar-refractivity contribution is 8.02. The Balaban J connectivity index is 2.07. The van der Waals surface area contributed by atoms with E-state index in [1.54, 1.807) is 29.3 Å². The van der Waals surface area contributed by atoms with E-state index in [0.29, 0.717) is 11.6 Å². The lowest BCUT2D eigenvalue weighted by Gasteiger charge is -2.26. The summed E-state index contributed by atoms with van der Waals surface area (Å²) in [7, 11) is 0. The van der Waals surface area contributed by atoms with Gasteiger partial charge in [-0.05, 0) is 12.3 Å². The number of nitrogens with two attached hydrogens (primary N) is 1. The van der Waals surface area contributed by atoms with Crippen molar-refractivity contribution < 1.29 is 4.79 Å². The van der Waals surface area contributed by atoms with Crippen LogP contribution < -0.4 is 5.73 Å². The summed E-state index contributed by atoms with van der Waals surface area (Å²) in [5.41, 5.74) is 6.38. The molecule has 0 aromatic carbocycles. The fourth-order valence-corrected chi connectivity index (χ4v) is 3.69. The van der Waals surface area contributed by atoms with Crippen LogP contribution in [0.2, 0.25) is 0 Å². The summed E-state index contributed by atoms with van der Waals surface area (Å²) in [5, 5.41) is 3.04. The average molecular weight is 268 g/mol. The van der Waals surface area contributed by atoms with E-state index in [-0.39, 0.29) is 11.7 Å². The van der Waals surface area contributed by atoms with Crippen LogP contribution in [0.3, 0.4) is 0 Å². The number of thiazole rings is 1. The molecule has 0 fully saturated rings. The van der Waals surface area contributed by atoms with Crippen molar-refractivity contribution in [3.63, 3.8) is 0 Å². The maximum absolute atomic E-state index is 11.9. The quantitative estimate of drug-likeness (QED) is 0.916. The molecule has 3 nitrogen and oxygen atoms in total. The summed E-state index contributed by atoms with van der Waals surface area (Å²) < 4.78 is 0. The highest BCUT2D eigenvalue weighted by Gasteiger charge is 2.30. The second kappa shape index (κ2) is 5.23. The van der Waals surface area contributed by atoms with Gasteiger partial charge in [0.1, 0.15) is 5.01 Å². The summed E-state index contributed by atoms with van der Waals surface area (Å²) in [4.78, 5) is 17.2. The minimum absolute atomic E-state index is 0.0548. The lowest BCUT2D eigenvalue weighted by Crippen LogP contribution is -2.30. The van der Waals surface area contributed by atoms with Crippen molar-refractivity contribution >= 4 is 28.9 Å². The molecule has 0 saturated carbocycles. The molecule has 0 aliphatic heterocycles. The number of hydrogen-bond acceptors (Lipinski definition) is 5. The number of carbonyl (C=O) groups excluding carboxylic acids is 1. The van der Waals surface area contributed by atoms with Crippen LogP contribution in [-0.2, 0) is 10.5 Å². The summed E-state index contributed by atoms with van der Waals surface area (Å²) in [6.45, 7) is 4.07. The van der Waals surface area contributed by atoms with Gasteiger partial charge in [-0.1, -0.05) is 13.8 Å². The molecule has 1 heterocycles. The molecule has 0 bridgehead atoms. The molecule has 5 heteroatoms. The van der Waals surface area contributed by atoms with Crippen LogP contribution in [0.5, 0.6) is 0 Å². The van der Waals surface area contributed by atoms with Crippen LogP contribution in [0.25, 0.3) is 0 Å². The van der Waals surface area contributed by atoms with Gasteiger partial charge in [-0.25, -0.2) is 4.98 Å². The molecule has 1 aliphatic carbocycles. The van der Waals surface area contributed by atoms with E-state index in [4.69, 9.17) is 5.73 Å². The van der Waals surface area contributed by atoms with Gasteiger partial charge >= 0.3 is 0 Å². The molecular formula is C12H16N2OS2. The second-order valence-electron chi connectivity index (χ2n) is 4.39. The standard InChI is InChI=1S/C12H16N2OS2/c1-7-5-9(11(13)12(15)8(7)2)17-6-10-14-3-4-16-10/h3-4,7-8H,5-6,13H2,1-2H3. The lowest BCUT2D eigenvalue weighted by atomic mass is 9.83. The number of thioether (sulfide) groups is 1. The normalized spacial score (nSPS) is 25.4. The molecule has 0 radical (unpaired) electrons. The zero-order chi connectivity index (χ0) is 12.4. The lowest BCUT2D eigenvalue weighted by molar-refractivity contribution is -0.120. The highest BCUT2D eigenvalue weighted by Crippen LogP contribution is 2.36. The Hall–Kier alpha value is -0.810. The Bertz CT molecular complexity index is 439. The molecule has 0 saturated heterocycles. The summed E-state index contributed by atoms with van der Waals surface area (Å²) in [6.07, 6.45) is 2.71. The van der Waals surface area contributed by atoms with Crippen molar-refractivity contribution in [3.05, 3.63) is 27.2 Å². The van der Waals surface area contributed by atoms with Crippen molar-refractivity contribution in [1.82, 2.24) is 4.98 Å². The van der Waals surface area contributed by atoms with Crippen molar-refractivity contribution in [3.8, 4) is 0 Å². The van der Waals surface area contributed by atoms with Crippen LogP contribution in [0.1, 0.15) is 25.3 Å². The summed E-state index contributed by atoms with van der Waals surface area (Å²) >= 11 is 3.29. The first kappa shape index (κ1) is 12.6. The number of ketones is 1. The fraction of sp³-hybridized carbons (Fsp3) is 0.500. The van der Waals surface area contributed by atoms with Crippen LogP contribution >= 0.6 is 23.1 Å². The maximum atomic E-state index is 11.9. The van der Waals surface area contributed by atoms with Gasteiger partial charge in [-0.2, -0.15) is 0 Å². The van der Waals surface area contributed by atoms with Crippen molar-refractivity contribution in [2.45, 2.75) is 26.0 Å². The monoisotopic (exact) mass is 268 g/mol. The van der Waals surface area contributed by atoms with E-state index in [0.717, 1.165) is 22.1 Å². The third-order valence-corrected chi connectivity index (χ3v) is 5.31. The average Bonchev–Trinajstić information content (AvgIpc) is 2.82. The number of nitrogens with zero attached hydrogens (tertiary/aromatic N) is 1. The van der Waals surface area contributed by atoms with Crippen molar-refractivity contribution in [2.24, 2.45) is 17.6 Å². The predicted molar refractivity (Wildman–Crippen MR) is 72.6 cm³/mol. The Morgan fingerprint density at radius 1 is 1.59 bits per heavy atom. The Labute approximate surface area is 110 Å². The molecule has 2 rings (SSSR count). The molecule has 1 aromatic heterocycles. The van der Waals surface area contributed by atoms with Gasteiger partial charge in [0.25, 0.3) is 0 Å². The molecule has 1 aromatic rings. The van der Waals surface area contributed by atoms with Gasteiger partial charge in [0.2, 0.25) is 0 Å². The first-order valence-corrected chi connectivity index (χ1v) is 7.50. The minimum Gasteiger partial charge on any atom is -0.395 e. The first-order valence-electron chi connectivity index (χ1n) is 5.63. The van der Waals surface area contributed by atoms with E-state index < -0.39 is 0 Å². The molecule has 2 atom stereocenters. The van der Waals surface area contributed by atoms with Crippen LogP contribution in [0, 0.1) is 11.8 Å². The van der Waals surface area contributed by atoms with Gasteiger partial charge in [-0.15, -0.1) is 23.1 Å². The number of aromatic nitrogens is 1. The zero-order valence-electron chi connectivity index (χ0n) is 9.97. The first-order chi connectivity index (χ1) is 8.09. The highest BCUT2D eigenvalue weighted by atomic mass is 32.2. The van der Waals surface area contributed by atoms with Crippen molar-refractivity contribution in [2.75, 3.05) is 0 Å².